The number of halogens is 1. The number of rotatable bonds is 2. The Balaban J connectivity index is 2.12. The van der Waals surface area contributed by atoms with Crippen molar-refractivity contribution in [1.29, 1.82) is 0 Å². The Bertz CT molecular complexity index is 815. The van der Waals surface area contributed by atoms with Gasteiger partial charge in [-0.15, -0.1) is 0 Å². The van der Waals surface area contributed by atoms with Crippen LogP contribution in [0, 0.1) is 19.7 Å². The molecule has 0 aliphatic heterocycles. The van der Waals surface area contributed by atoms with Crippen molar-refractivity contribution in [2.24, 2.45) is 0 Å². The molecule has 0 aliphatic carbocycles. The van der Waals surface area contributed by atoms with Crippen LogP contribution >= 0.6 is 0 Å². The predicted molar refractivity (Wildman–Crippen MR) is 75.5 cm³/mol. The van der Waals surface area contributed by atoms with Gasteiger partial charge in [0.05, 0.1) is 0 Å². The molecule has 0 atom stereocenters. The number of ketones is 1. The lowest BCUT2D eigenvalue weighted by atomic mass is 10.0. The molecule has 1 heterocycles. The second kappa shape index (κ2) is 4.60. The van der Waals surface area contributed by atoms with Gasteiger partial charge in [-0.1, -0.05) is 30.3 Å². The van der Waals surface area contributed by atoms with Crippen molar-refractivity contribution < 1.29 is 13.6 Å². The highest BCUT2D eigenvalue weighted by Gasteiger charge is 2.19. The lowest BCUT2D eigenvalue weighted by Crippen LogP contribution is -2.02. The highest BCUT2D eigenvalue weighted by Crippen LogP contribution is 2.27. The average molecular weight is 268 g/mol. The molecule has 3 aromatic rings. The summed E-state index contributed by atoms with van der Waals surface area (Å²) in [6.45, 7) is 3.50. The fourth-order valence-electron chi connectivity index (χ4n) is 2.26. The van der Waals surface area contributed by atoms with Crippen LogP contribution in [0.3, 0.4) is 0 Å². The second-order valence-corrected chi connectivity index (χ2v) is 4.85. The normalized spacial score (nSPS) is 10.9. The number of carbonyl (C=O) groups excluding carboxylic acids is 1. The third-order valence-corrected chi connectivity index (χ3v) is 3.48. The van der Waals surface area contributed by atoms with Gasteiger partial charge < -0.3 is 4.42 Å². The molecule has 2 nitrogen and oxygen atoms in total. The van der Waals surface area contributed by atoms with E-state index in [1.807, 2.05) is 31.2 Å². The van der Waals surface area contributed by atoms with Crippen molar-refractivity contribution in [1.82, 2.24) is 0 Å². The molecule has 0 fully saturated rings. The first-order valence-corrected chi connectivity index (χ1v) is 6.37. The van der Waals surface area contributed by atoms with Gasteiger partial charge in [-0.05, 0) is 31.5 Å². The number of benzene rings is 2. The Morgan fingerprint density at radius 3 is 2.55 bits per heavy atom. The summed E-state index contributed by atoms with van der Waals surface area (Å²) in [6.07, 6.45) is 0. The van der Waals surface area contributed by atoms with E-state index in [0.717, 1.165) is 10.9 Å². The van der Waals surface area contributed by atoms with E-state index in [1.165, 1.54) is 6.07 Å². The number of fused-ring (bicyclic) bond motifs is 1. The van der Waals surface area contributed by atoms with Crippen LogP contribution in [0.2, 0.25) is 0 Å². The predicted octanol–water partition coefficient (Wildman–Crippen LogP) is 4.42. The molecule has 100 valence electrons. The van der Waals surface area contributed by atoms with E-state index in [2.05, 4.69) is 0 Å². The van der Waals surface area contributed by atoms with Gasteiger partial charge in [0.2, 0.25) is 5.78 Å². The zero-order valence-electron chi connectivity index (χ0n) is 11.2. The van der Waals surface area contributed by atoms with E-state index in [-0.39, 0.29) is 17.4 Å². The van der Waals surface area contributed by atoms with Crippen LogP contribution in [0.25, 0.3) is 11.0 Å². The Labute approximate surface area is 115 Å². The molecule has 3 heteroatoms. The van der Waals surface area contributed by atoms with Crippen LogP contribution in [-0.4, -0.2) is 5.78 Å². The van der Waals surface area contributed by atoms with E-state index in [9.17, 15) is 9.18 Å². The van der Waals surface area contributed by atoms with Crippen LogP contribution in [0.1, 0.15) is 27.2 Å². The number of carbonyl (C=O) groups is 1. The summed E-state index contributed by atoms with van der Waals surface area (Å²) < 4.78 is 19.2. The zero-order valence-corrected chi connectivity index (χ0v) is 11.2. The molecule has 3 rings (SSSR count). The van der Waals surface area contributed by atoms with Gasteiger partial charge >= 0.3 is 0 Å². The van der Waals surface area contributed by atoms with Crippen molar-refractivity contribution in [2.75, 3.05) is 0 Å². The van der Waals surface area contributed by atoms with Gasteiger partial charge in [-0.25, -0.2) is 4.39 Å². The Morgan fingerprint density at radius 1 is 1.10 bits per heavy atom. The maximum atomic E-state index is 13.6. The number of aryl methyl sites for hydroxylation is 2. The first-order valence-electron chi connectivity index (χ1n) is 6.37. The third kappa shape index (κ3) is 1.92. The Hall–Kier alpha value is -2.42. The van der Waals surface area contributed by atoms with Crippen molar-refractivity contribution >= 4 is 16.8 Å². The molecule has 0 saturated carbocycles. The number of para-hydroxylation sites is 1. The summed E-state index contributed by atoms with van der Waals surface area (Å²) in [4.78, 5) is 12.4. The monoisotopic (exact) mass is 268 g/mol. The van der Waals surface area contributed by atoms with E-state index >= 15 is 0 Å². The van der Waals surface area contributed by atoms with Crippen molar-refractivity contribution in [3.63, 3.8) is 0 Å². The summed E-state index contributed by atoms with van der Waals surface area (Å²) in [6, 6.07) is 11.9. The quantitative estimate of drug-likeness (QED) is 0.644. The minimum atomic E-state index is -0.385. The molecule has 20 heavy (non-hydrogen) atoms. The largest absolute Gasteiger partial charge is 0.452 e. The molecule has 0 amide bonds. The first kappa shape index (κ1) is 12.6. The molecule has 0 bridgehead atoms. The summed E-state index contributed by atoms with van der Waals surface area (Å²) in [7, 11) is 0. The summed E-state index contributed by atoms with van der Waals surface area (Å²) in [5, 5.41) is 0.906. The number of hydrogen-bond acceptors (Lipinski definition) is 2. The molecular weight excluding hydrogens is 255 g/mol. The van der Waals surface area contributed by atoms with Gasteiger partial charge in [0, 0.05) is 16.5 Å². The average Bonchev–Trinajstić information content (AvgIpc) is 2.79. The molecule has 0 unspecified atom stereocenters. The van der Waals surface area contributed by atoms with Crippen LogP contribution in [-0.2, 0) is 0 Å². The molecule has 0 radical (unpaired) electrons. The summed E-state index contributed by atoms with van der Waals surface area (Å²) in [5.41, 5.74) is 2.27. The van der Waals surface area contributed by atoms with Crippen molar-refractivity contribution in [3.8, 4) is 0 Å². The minimum Gasteiger partial charge on any atom is -0.452 e. The van der Waals surface area contributed by atoms with Gasteiger partial charge in [-0.2, -0.15) is 0 Å². The molecule has 2 aromatic carbocycles. The smallest absolute Gasteiger partial charge is 0.228 e. The Kier molecular flexibility index (Phi) is 2.90. The summed E-state index contributed by atoms with van der Waals surface area (Å²) in [5.74, 6) is -0.406. The van der Waals surface area contributed by atoms with Gasteiger partial charge in [0.25, 0.3) is 0 Å². The molecule has 0 spiro atoms. The van der Waals surface area contributed by atoms with Crippen LogP contribution in [0.15, 0.2) is 46.9 Å². The standard InChI is InChI=1S/C17H13FO2/c1-10-7-8-12(9-14(10)18)16(19)17-11(2)13-5-3-4-6-15(13)20-17/h3-9H,1-2H3. The molecule has 0 saturated heterocycles. The maximum absolute atomic E-state index is 13.6. The van der Waals surface area contributed by atoms with E-state index in [4.69, 9.17) is 4.42 Å². The zero-order chi connectivity index (χ0) is 14.3. The number of furan rings is 1. The van der Waals surface area contributed by atoms with Gasteiger partial charge in [-0.3, -0.25) is 4.79 Å². The fourth-order valence-corrected chi connectivity index (χ4v) is 2.26. The molecule has 0 aliphatic rings. The van der Waals surface area contributed by atoms with Crippen molar-refractivity contribution in [3.05, 3.63) is 70.7 Å². The first-order chi connectivity index (χ1) is 9.58. The van der Waals surface area contributed by atoms with Crippen LogP contribution < -0.4 is 0 Å². The van der Waals surface area contributed by atoms with E-state index in [0.29, 0.717) is 16.7 Å². The van der Waals surface area contributed by atoms with E-state index < -0.39 is 0 Å². The van der Waals surface area contributed by atoms with Crippen molar-refractivity contribution in [2.45, 2.75) is 13.8 Å². The third-order valence-electron chi connectivity index (χ3n) is 3.48. The topological polar surface area (TPSA) is 30.2 Å². The Morgan fingerprint density at radius 2 is 1.85 bits per heavy atom. The number of hydrogen-bond donors (Lipinski definition) is 0. The highest BCUT2D eigenvalue weighted by molar-refractivity contribution is 6.10. The van der Waals surface area contributed by atoms with Gasteiger partial charge in [0.15, 0.2) is 5.76 Å². The van der Waals surface area contributed by atoms with Gasteiger partial charge in [0.1, 0.15) is 11.4 Å². The highest BCUT2D eigenvalue weighted by atomic mass is 19.1. The summed E-state index contributed by atoms with van der Waals surface area (Å²) >= 11 is 0. The fraction of sp³-hybridized carbons (Fsp3) is 0.118. The van der Waals surface area contributed by atoms with Crippen LogP contribution in [0.4, 0.5) is 4.39 Å². The van der Waals surface area contributed by atoms with E-state index in [1.54, 1.807) is 19.1 Å². The molecule has 1 aromatic heterocycles. The second-order valence-electron chi connectivity index (χ2n) is 4.85. The van der Waals surface area contributed by atoms with Crippen LogP contribution in [0.5, 0.6) is 0 Å². The maximum Gasteiger partial charge on any atom is 0.228 e. The lowest BCUT2D eigenvalue weighted by Gasteiger charge is -2.01. The SMILES string of the molecule is Cc1ccc(C(=O)c2oc3ccccc3c2C)cc1F. The molecule has 0 N–H and O–H groups in total. The molecular formula is C17H13FO2. The minimum absolute atomic E-state index is 0.273. The lowest BCUT2D eigenvalue weighted by molar-refractivity contribution is 0.101.